The Labute approximate surface area is 165 Å². The molecule has 2 aromatic heterocycles. The lowest BCUT2D eigenvalue weighted by molar-refractivity contribution is -0.116. The van der Waals surface area contributed by atoms with Crippen LogP contribution >= 0.6 is 11.3 Å². The number of nitrogens with zero attached hydrogens (tertiary/aromatic N) is 4. The number of hydrogen-bond acceptors (Lipinski definition) is 7. The average Bonchev–Trinajstić information content (AvgIpc) is 3.35. The summed E-state index contributed by atoms with van der Waals surface area (Å²) in [5.74, 6) is 0.446. The monoisotopic (exact) mass is 399 g/mol. The van der Waals surface area contributed by atoms with Crippen LogP contribution in [0.4, 0.5) is 10.8 Å². The van der Waals surface area contributed by atoms with E-state index in [2.05, 4.69) is 20.2 Å². The van der Waals surface area contributed by atoms with E-state index in [1.165, 1.54) is 22.2 Å². The lowest BCUT2D eigenvalue weighted by atomic mass is 10.3. The summed E-state index contributed by atoms with van der Waals surface area (Å²) in [5, 5.41) is 3.61. The normalized spacial score (nSPS) is 13.8. The van der Waals surface area contributed by atoms with Crippen molar-refractivity contribution in [2.24, 2.45) is 0 Å². The van der Waals surface area contributed by atoms with Crippen LogP contribution in [0.1, 0.15) is 19.8 Å². The maximum atomic E-state index is 12.7. The third kappa shape index (κ3) is 3.84. The summed E-state index contributed by atoms with van der Waals surface area (Å²) in [6, 6.07) is 7.10. The highest BCUT2D eigenvalue weighted by atomic mass is 32.1. The van der Waals surface area contributed by atoms with Gasteiger partial charge in [0.25, 0.3) is 5.56 Å². The summed E-state index contributed by atoms with van der Waals surface area (Å²) >= 11 is 1.35. The molecule has 1 aromatic carbocycles. The van der Waals surface area contributed by atoms with Crippen LogP contribution in [-0.4, -0.2) is 40.1 Å². The van der Waals surface area contributed by atoms with Crippen molar-refractivity contribution in [3.63, 3.8) is 0 Å². The molecule has 0 unspecified atom stereocenters. The molecule has 0 bridgehead atoms. The number of fused-ring (bicyclic) bond motifs is 1. The van der Waals surface area contributed by atoms with Crippen LogP contribution in [0.5, 0.6) is 5.75 Å². The molecule has 1 aliphatic rings. The van der Waals surface area contributed by atoms with E-state index in [9.17, 15) is 9.59 Å². The molecule has 3 heterocycles. The predicted molar refractivity (Wildman–Crippen MR) is 109 cm³/mol. The van der Waals surface area contributed by atoms with Gasteiger partial charge in [0, 0.05) is 18.8 Å². The first kappa shape index (κ1) is 18.4. The number of carbonyl (C=O) groups is 1. The second-order valence-corrected chi connectivity index (χ2v) is 7.50. The van der Waals surface area contributed by atoms with E-state index in [0.717, 1.165) is 36.8 Å². The molecule has 0 aliphatic carbocycles. The van der Waals surface area contributed by atoms with Crippen LogP contribution in [0.15, 0.2) is 35.4 Å². The van der Waals surface area contributed by atoms with Crippen LogP contribution in [-0.2, 0) is 11.3 Å². The molecule has 28 heavy (non-hydrogen) atoms. The van der Waals surface area contributed by atoms with Crippen molar-refractivity contribution in [3.8, 4) is 5.75 Å². The maximum Gasteiger partial charge on any atom is 0.273 e. The fourth-order valence-electron chi connectivity index (χ4n) is 3.15. The molecule has 0 saturated carbocycles. The SMILES string of the molecule is CCOc1ccc(NC(=O)Cn2cnc3nc(N4CCCC4)sc3c2=O)cc1. The van der Waals surface area contributed by atoms with Gasteiger partial charge in [0.2, 0.25) is 5.91 Å². The zero-order valence-electron chi connectivity index (χ0n) is 15.6. The van der Waals surface area contributed by atoms with Gasteiger partial charge in [-0.3, -0.25) is 14.2 Å². The van der Waals surface area contributed by atoms with E-state index in [-0.39, 0.29) is 18.0 Å². The maximum absolute atomic E-state index is 12.7. The minimum absolute atomic E-state index is 0.105. The van der Waals surface area contributed by atoms with Crippen LogP contribution in [0.3, 0.4) is 0 Å². The summed E-state index contributed by atoms with van der Waals surface area (Å²) in [6.07, 6.45) is 3.66. The van der Waals surface area contributed by atoms with Gasteiger partial charge in [0.05, 0.1) is 6.61 Å². The van der Waals surface area contributed by atoms with Crippen molar-refractivity contribution in [1.82, 2.24) is 14.5 Å². The van der Waals surface area contributed by atoms with E-state index in [4.69, 9.17) is 4.74 Å². The van der Waals surface area contributed by atoms with Crippen molar-refractivity contribution in [2.75, 3.05) is 29.9 Å². The molecule has 0 atom stereocenters. The van der Waals surface area contributed by atoms with E-state index >= 15 is 0 Å². The number of carbonyl (C=O) groups excluding carboxylic acids is 1. The van der Waals surface area contributed by atoms with Gasteiger partial charge in [-0.1, -0.05) is 11.3 Å². The number of nitrogens with one attached hydrogen (secondary N) is 1. The Kier molecular flexibility index (Phi) is 5.25. The number of thiazole rings is 1. The molecule has 1 aliphatic heterocycles. The van der Waals surface area contributed by atoms with Crippen LogP contribution < -0.4 is 20.5 Å². The average molecular weight is 399 g/mol. The second-order valence-electron chi connectivity index (χ2n) is 6.53. The van der Waals surface area contributed by atoms with Gasteiger partial charge in [-0.15, -0.1) is 0 Å². The summed E-state index contributed by atoms with van der Waals surface area (Å²) in [4.78, 5) is 36.0. The Bertz CT molecular complexity index is 1040. The lowest BCUT2D eigenvalue weighted by Crippen LogP contribution is -2.27. The predicted octanol–water partition coefficient (Wildman–Crippen LogP) is 2.49. The topological polar surface area (TPSA) is 89.3 Å². The standard InChI is InChI=1S/C19H21N5O3S/c1-2-27-14-7-5-13(6-8-14)21-15(25)11-24-12-20-17-16(18(24)26)28-19(22-17)23-9-3-4-10-23/h5-8,12H,2-4,9-11H2,1H3,(H,21,25). The van der Waals surface area contributed by atoms with Crippen LogP contribution in [0.2, 0.25) is 0 Å². The van der Waals surface area contributed by atoms with E-state index < -0.39 is 0 Å². The zero-order chi connectivity index (χ0) is 19.5. The Balaban J connectivity index is 1.48. The molecule has 1 saturated heterocycles. The molecule has 1 fully saturated rings. The largest absolute Gasteiger partial charge is 0.494 e. The number of rotatable bonds is 6. The molecule has 8 nitrogen and oxygen atoms in total. The van der Waals surface area contributed by atoms with Crippen molar-refractivity contribution in [1.29, 1.82) is 0 Å². The fraction of sp³-hybridized carbons (Fsp3) is 0.368. The molecule has 1 N–H and O–H groups in total. The molecule has 3 aromatic rings. The third-order valence-corrected chi connectivity index (χ3v) is 5.61. The van der Waals surface area contributed by atoms with Gasteiger partial charge in [0.1, 0.15) is 23.3 Å². The lowest BCUT2D eigenvalue weighted by Gasteiger charge is -2.11. The Morgan fingerprint density at radius 3 is 2.71 bits per heavy atom. The van der Waals surface area contributed by atoms with E-state index in [1.807, 2.05) is 6.92 Å². The number of benzene rings is 1. The van der Waals surface area contributed by atoms with Crippen molar-refractivity contribution in [2.45, 2.75) is 26.3 Å². The second kappa shape index (κ2) is 7.97. The Morgan fingerprint density at radius 1 is 1.25 bits per heavy atom. The molecular formula is C19H21N5O3S. The van der Waals surface area contributed by atoms with Crippen molar-refractivity contribution < 1.29 is 9.53 Å². The molecule has 0 radical (unpaired) electrons. The summed E-state index contributed by atoms with van der Waals surface area (Å²) < 4.78 is 7.18. The first-order chi connectivity index (χ1) is 13.6. The summed E-state index contributed by atoms with van der Waals surface area (Å²) in [5.41, 5.74) is 0.847. The smallest absolute Gasteiger partial charge is 0.273 e. The minimum Gasteiger partial charge on any atom is -0.494 e. The quantitative estimate of drug-likeness (QED) is 0.685. The molecular weight excluding hydrogens is 378 g/mol. The van der Waals surface area contributed by atoms with Gasteiger partial charge in [-0.2, -0.15) is 4.98 Å². The Morgan fingerprint density at radius 2 is 2.00 bits per heavy atom. The minimum atomic E-state index is -0.295. The zero-order valence-corrected chi connectivity index (χ0v) is 16.4. The highest BCUT2D eigenvalue weighted by Gasteiger charge is 2.19. The molecule has 0 spiro atoms. The fourth-order valence-corrected chi connectivity index (χ4v) is 4.17. The molecule has 9 heteroatoms. The highest BCUT2D eigenvalue weighted by Crippen LogP contribution is 2.27. The molecule has 4 rings (SSSR count). The molecule has 146 valence electrons. The number of amides is 1. The van der Waals surface area contributed by atoms with Crippen molar-refractivity contribution in [3.05, 3.63) is 40.9 Å². The third-order valence-electron chi connectivity index (χ3n) is 4.51. The van der Waals surface area contributed by atoms with Gasteiger partial charge in [-0.05, 0) is 44.0 Å². The summed E-state index contributed by atoms with van der Waals surface area (Å²) in [7, 11) is 0. The summed E-state index contributed by atoms with van der Waals surface area (Å²) in [6.45, 7) is 4.31. The van der Waals surface area contributed by atoms with Crippen molar-refractivity contribution >= 4 is 38.4 Å². The van der Waals surface area contributed by atoms with E-state index in [1.54, 1.807) is 24.3 Å². The number of aromatic nitrogens is 3. The van der Waals surface area contributed by atoms with Crippen LogP contribution in [0, 0.1) is 0 Å². The first-order valence-corrected chi connectivity index (χ1v) is 10.1. The number of anilines is 2. The van der Waals surface area contributed by atoms with Gasteiger partial charge in [-0.25, -0.2) is 4.98 Å². The number of hydrogen-bond donors (Lipinski definition) is 1. The molecule has 1 amide bonds. The van der Waals surface area contributed by atoms with Gasteiger partial charge in [0.15, 0.2) is 10.8 Å². The van der Waals surface area contributed by atoms with Gasteiger partial charge < -0.3 is 15.0 Å². The highest BCUT2D eigenvalue weighted by molar-refractivity contribution is 7.22. The Hall–Kier alpha value is -2.94. The van der Waals surface area contributed by atoms with Gasteiger partial charge >= 0.3 is 0 Å². The van der Waals surface area contributed by atoms with Crippen LogP contribution in [0.25, 0.3) is 10.3 Å². The first-order valence-electron chi connectivity index (χ1n) is 9.27. The number of ether oxygens (including phenoxy) is 1. The van der Waals surface area contributed by atoms with E-state index in [0.29, 0.717) is 22.6 Å².